The fourth-order valence-corrected chi connectivity index (χ4v) is 2.08. The Morgan fingerprint density at radius 2 is 2.31 bits per heavy atom. The highest BCUT2D eigenvalue weighted by Crippen LogP contribution is 2.31. The van der Waals surface area contributed by atoms with Gasteiger partial charge in [0, 0.05) is 19.2 Å². The van der Waals surface area contributed by atoms with Gasteiger partial charge in [0.05, 0.1) is 11.7 Å². The maximum absolute atomic E-state index is 9.85. The van der Waals surface area contributed by atoms with Crippen LogP contribution in [0.3, 0.4) is 0 Å². The molecule has 1 saturated heterocycles. The van der Waals surface area contributed by atoms with Crippen molar-refractivity contribution >= 4 is 0 Å². The van der Waals surface area contributed by atoms with Gasteiger partial charge in [0.2, 0.25) is 0 Å². The Morgan fingerprint density at radius 1 is 1.54 bits per heavy atom. The minimum atomic E-state index is -0.400. The van der Waals surface area contributed by atoms with E-state index in [-0.39, 0.29) is 0 Å². The van der Waals surface area contributed by atoms with E-state index in [2.05, 4.69) is 12.2 Å². The Balaban J connectivity index is 1.72. The third-order valence-corrected chi connectivity index (χ3v) is 3.35. The number of hydrogen-bond donors (Lipinski definition) is 2. The molecule has 2 rings (SSSR count). The van der Waals surface area contributed by atoms with E-state index < -0.39 is 5.60 Å². The van der Waals surface area contributed by atoms with Crippen LogP contribution in [0.25, 0.3) is 0 Å². The van der Waals surface area contributed by atoms with Crippen molar-refractivity contribution in [2.75, 3.05) is 13.2 Å². The standard InChI is InChI=1S/C10H19NO2/c1-8-9(3-6-13-8)11-7-10(12)4-2-5-10/h8-9,11-12H,2-7H2,1H3. The van der Waals surface area contributed by atoms with Gasteiger partial charge in [-0.15, -0.1) is 0 Å². The summed E-state index contributed by atoms with van der Waals surface area (Å²) in [5.74, 6) is 0. The number of nitrogens with one attached hydrogen (secondary N) is 1. The van der Waals surface area contributed by atoms with Gasteiger partial charge in [-0.1, -0.05) is 0 Å². The van der Waals surface area contributed by atoms with E-state index in [4.69, 9.17) is 4.74 Å². The van der Waals surface area contributed by atoms with Crippen molar-refractivity contribution in [1.29, 1.82) is 0 Å². The summed E-state index contributed by atoms with van der Waals surface area (Å²) >= 11 is 0. The molecule has 1 aliphatic carbocycles. The van der Waals surface area contributed by atoms with Crippen LogP contribution in [-0.4, -0.2) is 36.0 Å². The van der Waals surface area contributed by atoms with Gasteiger partial charge in [0.25, 0.3) is 0 Å². The second-order valence-corrected chi connectivity index (χ2v) is 4.43. The first-order valence-corrected chi connectivity index (χ1v) is 5.27. The highest BCUT2D eigenvalue weighted by Gasteiger charge is 2.35. The van der Waals surface area contributed by atoms with Gasteiger partial charge in [-0.25, -0.2) is 0 Å². The topological polar surface area (TPSA) is 41.5 Å². The largest absolute Gasteiger partial charge is 0.389 e. The van der Waals surface area contributed by atoms with Crippen LogP contribution in [0.1, 0.15) is 32.6 Å². The Morgan fingerprint density at radius 3 is 2.77 bits per heavy atom. The number of rotatable bonds is 3. The monoisotopic (exact) mass is 185 g/mol. The average Bonchev–Trinajstić information content (AvgIpc) is 2.44. The SMILES string of the molecule is CC1OCCC1NCC1(O)CCC1. The summed E-state index contributed by atoms with van der Waals surface area (Å²) in [6.45, 7) is 3.69. The molecule has 3 heteroatoms. The van der Waals surface area contributed by atoms with Crippen molar-refractivity contribution in [2.24, 2.45) is 0 Å². The summed E-state index contributed by atoms with van der Waals surface area (Å²) in [6.07, 6.45) is 4.49. The Labute approximate surface area is 79.5 Å². The summed E-state index contributed by atoms with van der Waals surface area (Å²) < 4.78 is 5.44. The number of aliphatic hydroxyl groups is 1. The lowest BCUT2D eigenvalue weighted by atomic mass is 9.80. The summed E-state index contributed by atoms with van der Waals surface area (Å²) in [5, 5.41) is 13.3. The quantitative estimate of drug-likeness (QED) is 0.679. The summed E-state index contributed by atoms with van der Waals surface area (Å²) in [5.41, 5.74) is -0.400. The normalized spacial score (nSPS) is 37.4. The first-order chi connectivity index (χ1) is 6.20. The molecule has 0 bridgehead atoms. The maximum Gasteiger partial charge on any atom is 0.0771 e. The zero-order valence-corrected chi connectivity index (χ0v) is 8.25. The molecular weight excluding hydrogens is 166 g/mol. The molecule has 76 valence electrons. The van der Waals surface area contributed by atoms with Crippen LogP contribution in [-0.2, 0) is 4.74 Å². The van der Waals surface area contributed by atoms with Crippen molar-refractivity contribution in [2.45, 2.75) is 50.4 Å². The van der Waals surface area contributed by atoms with Gasteiger partial charge in [-0.3, -0.25) is 0 Å². The molecule has 2 unspecified atom stereocenters. The van der Waals surface area contributed by atoms with Crippen LogP contribution in [0.4, 0.5) is 0 Å². The van der Waals surface area contributed by atoms with Crippen LogP contribution in [0.15, 0.2) is 0 Å². The molecule has 1 saturated carbocycles. The van der Waals surface area contributed by atoms with Crippen LogP contribution in [0.5, 0.6) is 0 Å². The van der Waals surface area contributed by atoms with E-state index >= 15 is 0 Å². The first kappa shape index (κ1) is 9.44. The molecule has 3 nitrogen and oxygen atoms in total. The predicted octanol–water partition coefficient (Wildman–Crippen LogP) is 0.668. The Bertz CT molecular complexity index is 180. The van der Waals surface area contributed by atoms with Crippen molar-refractivity contribution in [3.63, 3.8) is 0 Å². The van der Waals surface area contributed by atoms with Crippen molar-refractivity contribution in [3.8, 4) is 0 Å². The van der Waals surface area contributed by atoms with Crippen LogP contribution in [0, 0.1) is 0 Å². The Hall–Kier alpha value is -0.120. The number of hydrogen-bond acceptors (Lipinski definition) is 3. The predicted molar refractivity (Wildman–Crippen MR) is 50.6 cm³/mol. The second-order valence-electron chi connectivity index (χ2n) is 4.43. The molecule has 0 aromatic carbocycles. The van der Waals surface area contributed by atoms with Gasteiger partial charge < -0.3 is 15.2 Å². The fraction of sp³-hybridized carbons (Fsp3) is 1.00. The second kappa shape index (κ2) is 3.56. The Kier molecular flexibility index (Phi) is 2.58. The van der Waals surface area contributed by atoms with E-state index in [0.29, 0.717) is 12.1 Å². The van der Waals surface area contributed by atoms with E-state index in [9.17, 15) is 5.11 Å². The molecule has 2 atom stereocenters. The third kappa shape index (κ3) is 2.03. The average molecular weight is 185 g/mol. The van der Waals surface area contributed by atoms with E-state index in [1.54, 1.807) is 0 Å². The number of ether oxygens (including phenoxy) is 1. The molecular formula is C10H19NO2. The van der Waals surface area contributed by atoms with Crippen molar-refractivity contribution in [3.05, 3.63) is 0 Å². The fourth-order valence-electron chi connectivity index (χ4n) is 2.08. The molecule has 2 N–H and O–H groups in total. The lowest BCUT2D eigenvalue weighted by Gasteiger charge is -2.37. The van der Waals surface area contributed by atoms with Gasteiger partial charge in [-0.05, 0) is 32.6 Å². The van der Waals surface area contributed by atoms with Gasteiger partial charge in [0.15, 0.2) is 0 Å². The lowest BCUT2D eigenvalue weighted by Crippen LogP contribution is -2.50. The molecule has 2 fully saturated rings. The van der Waals surface area contributed by atoms with E-state index in [1.165, 1.54) is 6.42 Å². The van der Waals surface area contributed by atoms with E-state index in [1.807, 2.05) is 0 Å². The molecule has 0 radical (unpaired) electrons. The summed E-state index contributed by atoms with van der Waals surface area (Å²) in [4.78, 5) is 0. The zero-order chi connectivity index (χ0) is 9.31. The minimum Gasteiger partial charge on any atom is -0.389 e. The van der Waals surface area contributed by atoms with Gasteiger partial charge in [0.1, 0.15) is 0 Å². The first-order valence-electron chi connectivity index (χ1n) is 5.27. The summed E-state index contributed by atoms with van der Waals surface area (Å²) in [7, 11) is 0. The summed E-state index contributed by atoms with van der Waals surface area (Å²) in [6, 6.07) is 0.449. The molecule has 0 aromatic rings. The van der Waals surface area contributed by atoms with Crippen LogP contribution in [0.2, 0.25) is 0 Å². The van der Waals surface area contributed by atoms with Crippen molar-refractivity contribution in [1.82, 2.24) is 5.32 Å². The molecule has 0 aromatic heterocycles. The third-order valence-electron chi connectivity index (χ3n) is 3.35. The molecule has 1 heterocycles. The highest BCUT2D eigenvalue weighted by molar-refractivity contribution is 4.91. The molecule has 13 heavy (non-hydrogen) atoms. The molecule has 0 amide bonds. The minimum absolute atomic E-state index is 0.309. The van der Waals surface area contributed by atoms with Crippen LogP contribution < -0.4 is 5.32 Å². The molecule has 1 aliphatic heterocycles. The highest BCUT2D eigenvalue weighted by atomic mass is 16.5. The van der Waals surface area contributed by atoms with Crippen LogP contribution >= 0.6 is 0 Å². The maximum atomic E-state index is 9.85. The smallest absolute Gasteiger partial charge is 0.0771 e. The van der Waals surface area contributed by atoms with E-state index in [0.717, 1.165) is 32.4 Å². The molecule has 0 spiro atoms. The zero-order valence-electron chi connectivity index (χ0n) is 8.25. The molecule has 2 aliphatic rings. The van der Waals surface area contributed by atoms with Gasteiger partial charge in [-0.2, -0.15) is 0 Å². The van der Waals surface area contributed by atoms with Crippen molar-refractivity contribution < 1.29 is 9.84 Å². The lowest BCUT2D eigenvalue weighted by molar-refractivity contribution is -0.0346. The van der Waals surface area contributed by atoms with Gasteiger partial charge >= 0.3 is 0 Å².